The van der Waals surface area contributed by atoms with Crippen LogP contribution in [0.4, 0.5) is 0 Å². The largest absolute Gasteiger partial charge is 0.316 e. The normalized spacial score (nSPS) is 21.8. The highest BCUT2D eigenvalue weighted by molar-refractivity contribution is 5.21. The minimum atomic E-state index is 0.533. The van der Waals surface area contributed by atoms with Crippen LogP contribution in [0.1, 0.15) is 43.4 Å². The molecule has 14 heavy (non-hydrogen) atoms. The molecule has 1 aliphatic rings. The van der Waals surface area contributed by atoms with E-state index in [2.05, 4.69) is 36.3 Å². The van der Waals surface area contributed by atoms with Crippen molar-refractivity contribution in [3.63, 3.8) is 0 Å². The third-order valence-corrected chi connectivity index (χ3v) is 2.93. The average molecular weight is 190 g/mol. The zero-order valence-corrected chi connectivity index (χ0v) is 8.96. The Morgan fingerprint density at radius 1 is 1.43 bits per heavy atom. The van der Waals surface area contributed by atoms with Gasteiger partial charge in [0.05, 0.1) is 0 Å². The minimum absolute atomic E-state index is 0.533. The van der Waals surface area contributed by atoms with Crippen LogP contribution >= 0.6 is 0 Å². The summed E-state index contributed by atoms with van der Waals surface area (Å²) in [5.41, 5.74) is 2.58. The summed E-state index contributed by atoms with van der Waals surface area (Å²) in [5, 5.41) is 3.38. The molecule has 2 heteroatoms. The van der Waals surface area contributed by atoms with E-state index in [-0.39, 0.29) is 0 Å². The van der Waals surface area contributed by atoms with Crippen molar-refractivity contribution in [3.8, 4) is 0 Å². The second-order valence-electron chi connectivity index (χ2n) is 4.36. The predicted octanol–water partition coefficient (Wildman–Crippen LogP) is 2.28. The van der Waals surface area contributed by atoms with Gasteiger partial charge >= 0.3 is 0 Å². The van der Waals surface area contributed by atoms with Gasteiger partial charge in [-0.2, -0.15) is 0 Å². The van der Waals surface area contributed by atoms with Crippen LogP contribution in [-0.2, 0) is 0 Å². The first-order valence-corrected chi connectivity index (χ1v) is 5.44. The second-order valence-corrected chi connectivity index (χ2v) is 4.36. The first-order valence-electron chi connectivity index (χ1n) is 5.44. The number of pyridine rings is 1. The van der Waals surface area contributed by atoms with Crippen molar-refractivity contribution >= 4 is 0 Å². The Bertz CT molecular complexity index is 284. The lowest BCUT2D eigenvalue weighted by Gasteiger charge is -2.10. The number of nitrogens with zero attached hydrogens (tertiary/aromatic N) is 1. The van der Waals surface area contributed by atoms with E-state index in [1.165, 1.54) is 17.7 Å². The van der Waals surface area contributed by atoms with E-state index in [1.54, 1.807) is 0 Å². The molecule has 1 aliphatic heterocycles. The summed E-state index contributed by atoms with van der Waals surface area (Å²) < 4.78 is 0. The van der Waals surface area contributed by atoms with Crippen LogP contribution in [0.25, 0.3) is 0 Å². The van der Waals surface area contributed by atoms with E-state index in [4.69, 9.17) is 0 Å². The maximum Gasteiger partial charge on any atom is 0.0429 e. The van der Waals surface area contributed by atoms with Gasteiger partial charge in [-0.15, -0.1) is 0 Å². The fraction of sp³-hybridized carbons (Fsp3) is 0.583. The highest BCUT2D eigenvalue weighted by atomic mass is 14.9. The number of nitrogens with one attached hydrogen (secondary N) is 1. The van der Waals surface area contributed by atoms with Gasteiger partial charge in [-0.05, 0) is 36.4 Å². The van der Waals surface area contributed by atoms with E-state index in [1.807, 2.05) is 6.20 Å². The molecule has 0 spiro atoms. The van der Waals surface area contributed by atoms with E-state index in [0.29, 0.717) is 11.8 Å². The second kappa shape index (κ2) is 4.09. The van der Waals surface area contributed by atoms with Crippen LogP contribution in [0, 0.1) is 0 Å². The molecule has 1 unspecified atom stereocenters. The molecule has 76 valence electrons. The van der Waals surface area contributed by atoms with Crippen LogP contribution in [0.5, 0.6) is 0 Å². The van der Waals surface area contributed by atoms with Gasteiger partial charge in [0, 0.05) is 18.4 Å². The molecule has 0 bridgehead atoms. The van der Waals surface area contributed by atoms with Gasteiger partial charge in [-0.25, -0.2) is 0 Å². The maximum atomic E-state index is 4.50. The van der Waals surface area contributed by atoms with Gasteiger partial charge in [-0.1, -0.05) is 19.9 Å². The molecule has 0 aliphatic carbocycles. The van der Waals surface area contributed by atoms with Gasteiger partial charge in [0.15, 0.2) is 0 Å². The highest BCUT2D eigenvalue weighted by Gasteiger charge is 2.16. The molecular formula is C12H18N2. The quantitative estimate of drug-likeness (QED) is 0.774. The number of hydrogen-bond donors (Lipinski definition) is 1. The molecule has 1 atom stereocenters. The first-order chi connectivity index (χ1) is 6.77. The summed E-state index contributed by atoms with van der Waals surface area (Å²) in [7, 11) is 0. The Labute approximate surface area is 85.7 Å². The lowest BCUT2D eigenvalue weighted by Crippen LogP contribution is -2.08. The van der Waals surface area contributed by atoms with Crippen LogP contribution < -0.4 is 5.32 Å². The molecule has 2 nitrogen and oxygen atoms in total. The van der Waals surface area contributed by atoms with Crippen LogP contribution in [0.3, 0.4) is 0 Å². The third-order valence-electron chi connectivity index (χ3n) is 2.93. The summed E-state index contributed by atoms with van der Waals surface area (Å²) in [6.45, 7) is 6.62. The minimum Gasteiger partial charge on any atom is -0.316 e. The van der Waals surface area contributed by atoms with Gasteiger partial charge < -0.3 is 5.32 Å². The van der Waals surface area contributed by atoms with Crippen LogP contribution in [0.15, 0.2) is 18.3 Å². The van der Waals surface area contributed by atoms with Crippen molar-refractivity contribution in [1.82, 2.24) is 10.3 Å². The summed E-state index contributed by atoms with van der Waals surface area (Å²) >= 11 is 0. The zero-order valence-electron chi connectivity index (χ0n) is 8.96. The maximum absolute atomic E-state index is 4.50. The lowest BCUT2D eigenvalue weighted by atomic mass is 9.99. The molecule has 2 rings (SSSR count). The third kappa shape index (κ3) is 1.95. The average Bonchev–Trinajstić information content (AvgIpc) is 2.71. The Morgan fingerprint density at radius 2 is 2.29 bits per heavy atom. The van der Waals surface area contributed by atoms with Crippen LogP contribution in [0.2, 0.25) is 0 Å². The summed E-state index contributed by atoms with van der Waals surface area (Å²) in [6, 6.07) is 4.40. The Kier molecular flexibility index (Phi) is 2.82. The van der Waals surface area contributed by atoms with Crippen molar-refractivity contribution in [2.75, 3.05) is 13.1 Å². The number of rotatable bonds is 2. The Hall–Kier alpha value is -0.890. The SMILES string of the molecule is CC(C)c1ccc(C2CCNC2)cn1. The molecule has 0 saturated carbocycles. The van der Waals surface area contributed by atoms with Crippen LogP contribution in [-0.4, -0.2) is 18.1 Å². The fourth-order valence-electron chi connectivity index (χ4n) is 1.94. The molecule has 2 heterocycles. The van der Waals surface area contributed by atoms with E-state index < -0.39 is 0 Å². The molecule has 1 aromatic rings. The smallest absolute Gasteiger partial charge is 0.0429 e. The van der Waals surface area contributed by atoms with Gasteiger partial charge in [0.25, 0.3) is 0 Å². The van der Waals surface area contributed by atoms with Gasteiger partial charge in [0.1, 0.15) is 0 Å². The summed E-state index contributed by atoms with van der Waals surface area (Å²) in [4.78, 5) is 4.50. The monoisotopic (exact) mass is 190 g/mol. The van der Waals surface area contributed by atoms with Crippen molar-refractivity contribution in [1.29, 1.82) is 0 Å². The Balaban J connectivity index is 2.12. The molecule has 0 amide bonds. The topological polar surface area (TPSA) is 24.9 Å². The molecule has 0 radical (unpaired) electrons. The standard InChI is InChI=1S/C12H18N2/c1-9(2)12-4-3-10(8-14-12)11-5-6-13-7-11/h3-4,8-9,11,13H,5-7H2,1-2H3. The predicted molar refractivity (Wildman–Crippen MR) is 58.6 cm³/mol. The van der Waals surface area contributed by atoms with Crippen molar-refractivity contribution in [3.05, 3.63) is 29.6 Å². The zero-order chi connectivity index (χ0) is 9.97. The number of aromatic nitrogens is 1. The van der Waals surface area contributed by atoms with E-state index in [9.17, 15) is 0 Å². The molecular weight excluding hydrogens is 172 g/mol. The van der Waals surface area contributed by atoms with Crippen molar-refractivity contribution in [2.45, 2.75) is 32.1 Å². The molecule has 0 aromatic carbocycles. The molecule has 1 fully saturated rings. The summed E-state index contributed by atoms with van der Waals surface area (Å²) in [6.07, 6.45) is 3.30. The summed E-state index contributed by atoms with van der Waals surface area (Å²) in [5.74, 6) is 1.22. The van der Waals surface area contributed by atoms with Gasteiger partial charge in [0.2, 0.25) is 0 Å². The molecule has 1 saturated heterocycles. The molecule has 1 aromatic heterocycles. The lowest BCUT2D eigenvalue weighted by molar-refractivity contribution is 0.749. The molecule has 1 N–H and O–H groups in total. The first kappa shape index (κ1) is 9.66. The van der Waals surface area contributed by atoms with Gasteiger partial charge in [-0.3, -0.25) is 4.98 Å². The van der Waals surface area contributed by atoms with E-state index in [0.717, 1.165) is 13.1 Å². The van der Waals surface area contributed by atoms with Crippen molar-refractivity contribution in [2.24, 2.45) is 0 Å². The fourth-order valence-corrected chi connectivity index (χ4v) is 1.94. The van der Waals surface area contributed by atoms with E-state index >= 15 is 0 Å². The highest BCUT2D eigenvalue weighted by Crippen LogP contribution is 2.22. The Morgan fingerprint density at radius 3 is 2.79 bits per heavy atom. The van der Waals surface area contributed by atoms with Crippen molar-refractivity contribution < 1.29 is 0 Å². The number of hydrogen-bond acceptors (Lipinski definition) is 2.